The number of amides is 1. The van der Waals surface area contributed by atoms with Crippen molar-refractivity contribution in [1.29, 1.82) is 0 Å². The molecule has 7 nitrogen and oxygen atoms in total. The molecule has 156 valence electrons. The number of nitrogens with zero attached hydrogens (tertiary/aromatic N) is 2. The third kappa shape index (κ3) is 3.38. The minimum atomic E-state index is -1.04. The van der Waals surface area contributed by atoms with Gasteiger partial charge in [-0.25, -0.2) is 4.79 Å². The Bertz CT molecular complexity index is 683. The molecule has 28 heavy (non-hydrogen) atoms. The maximum atomic E-state index is 12.4. The highest BCUT2D eigenvalue weighted by atomic mass is 32.2. The van der Waals surface area contributed by atoms with Gasteiger partial charge in [0.05, 0.1) is 18.1 Å². The van der Waals surface area contributed by atoms with Gasteiger partial charge in [-0.2, -0.15) is 0 Å². The van der Waals surface area contributed by atoms with Crippen LogP contribution in [0.4, 0.5) is 0 Å². The Morgan fingerprint density at radius 3 is 2.50 bits per heavy atom. The number of aliphatic carboxylic acids is 1. The lowest BCUT2D eigenvalue weighted by Gasteiger charge is -2.46. The van der Waals surface area contributed by atoms with Crippen LogP contribution in [-0.2, 0) is 9.59 Å². The van der Waals surface area contributed by atoms with Gasteiger partial charge in [0.25, 0.3) is 0 Å². The Hall–Kier alpha value is -1.09. The van der Waals surface area contributed by atoms with Crippen molar-refractivity contribution in [3.63, 3.8) is 0 Å². The van der Waals surface area contributed by atoms with E-state index in [0.29, 0.717) is 11.3 Å². The molecule has 0 bridgehead atoms. The Morgan fingerprint density at radius 2 is 1.93 bits per heavy atom. The van der Waals surface area contributed by atoms with Gasteiger partial charge in [-0.1, -0.05) is 6.92 Å². The summed E-state index contributed by atoms with van der Waals surface area (Å²) in [4.78, 5) is 28.9. The van der Waals surface area contributed by atoms with Crippen LogP contribution >= 0.6 is 11.8 Å². The monoisotopic (exact) mass is 409 g/mol. The number of nitrogens with two attached hydrogens (primary N) is 1. The number of rotatable bonds is 6. The van der Waals surface area contributed by atoms with Crippen molar-refractivity contribution in [3.8, 4) is 0 Å². The standard InChI is InChI=1S/C20H31N3O4S/c1-10-16-15(11(2)24)19(25)23(16)17(20(26)27)18(10)28-14-8-22(9-14)7-12-3-5-13(21)6-4-12/h10-16,24H,3-9,21H2,1-2H3,(H,26,27)/t10-,11-,12-,13-,15-,16-/m1/s1. The van der Waals surface area contributed by atoms with Crippen LogP contribution in [0.25, 0.3) is 0 Å². The molecule has 0 aromatic rings. The molecule has 0 aromatic carbocycles. The number of carboxylic acids is 1. The van der Waals surface area contributed by atoms with E-state index in [9.17, 15) is 19.8 Å². The highest BCUT2D eigenvalue weighted by molar-refractivity contribution is 8.03. The van der Waals surface area contributed by atoms with Crippen molar-refractivity contribution in [2.75, 3.05) is 19.6 Å². The number of aliphatic hydroxyl groups is 1. The molecule has 4 N–H and O–H groups in total. The van der Waals surface area contributed by atoms with Crippen LogP contribution in [-0.4, -0.2) is 75.0 Å². The van der Waals surface area contributed by atoms with Crippen LogP contribution in [0.3, 0.4) is 0 Å². The Balaban J connectivity index is 1.36. The van der Waals surface area contributed by atoms with Crippen molar-refractivity contribution in [2.24, 2.45) is 23.5 Å². The Labute approximate surface area is 170 Å². The number of carbonyl (C=O) groups is 2. The molecule has 3 aliphatic heterocycles. The van der Waals surface area contributed by atoms with E-state index in [1.807, 2.05) is 6.92 Å². The first-order chi connectivity index (χ1) is 13.3. The highest BCUT2D eigenvalue weighted by Crippen LogP contribution is 2.52. The van der Waals surface area contributed by atoms with E-state index < -0.39 is 18.0 Å². The molecule has 3 heterocycles. The minimum absolute atomic E-state index is 0.0396. The van der Waals surface area contributed by atoms with E-state index in [4.69, 9.17) is 5.73 Å². The van der Waals surface area contributed by atoms with Gasteiger partial charge in [0, 0.05) is 41.7 Å². The second-order valence-electron chi connectivity index (χ2n) is 9.01. The summed E-state index contributed by atoms with van der Waals surface area (Å²) in [6.07, 6.45) is 3.91. The number of hydrogen-bond donors (Lipinski definition) is 3. The largest absolute Gasteiger partial charge is 0.477 e. The summed E-state index contributed by atoms with van der Waals surface area (Å²) in [6.45, 7) is 6.64. The number of hydrogen-bond acceptors (Lipinski definition) is 6. The molecule has 4 atom stereocenters. The van der Waals surface area contributed by atoms with E-state index in [0.717, 1.165) is 43.3 Å². The topological polar surface area (TPSA) is 107 Å². The van der Waals surface area contributed by atoms with Gasteiger partial charge in [0.15, 0.2) is 0 Å². The number of carboxylic acid groups (broad SMARTS) is 1. The lowest BCUT2D eigenvalue weighted by Crippen LogP contribution is -2.63. The number of β-lactam (4-membered cyclic amide) rings is 1. The zero-order valence-corrected chi connectivity index (χ0v) is 17.4. The molecule has 2 saturated heterocycles. The second-order valence-corrected chi connectivity index (χ2v) is 10.4. The summed E-state index contributed by atoms with van der Waals surface area (Å²) in [5, 5.41) is 20.0. The summed E-state index contributed by atoms with van der Waals surface area (Å²) in [7, 11) is 0. The van der Waals surface area contributed by atoms with Gasteiger partial charge < -0.3 is 25.7 Å². The predicted molar refractivity (Wildman–Crippen MR) is 107 cm³/mol. The highest BCUT2D eigenvalue weighted by Gasteiger charge is 2.60. The zero-order chi connectivity index (χ0) is 20.2. The SMILES string of the molecule is C[C@@H](O)[C@H]1C(=O)N2C(C(=O)O)=C(SC3CN(C[C@H]4CC[C@H](N)CC4)C3)[C@H](C)[C@H]12. The van der Waals surface area contributed by atoms with Gasteiger partial charge in [-0.15, -0.1) is 11.8 Å². The van der Waals surface area contributed by atoms with Crippen molar-refractivity contribution in [1.82, 2.24) is 9.80 Å². The van der Waals surface area contributed by atoms with Gasteiger partial charge in [-0.3, -0.25) is 4.79 Å². The van der Waals surface area contributed by atoms with Crippen molar-refractivity contribution in [3.05, 3.63) is 10.6 Å². The van der Waals surface area contributed by atoms with E-state index in [1.165, 1.54) is 17.7 Å². The van der Waals surface area contributed by atoms with Crippen molar-refractivity contribution in [2.45, 2.75) is 63.0 Å². The minimum Gasteiger partial charge on any atom is -0.477 e. The molecule has 8 heteroatoms. The average molecular weight is 410 g/mol. The molecule has 0 radical (unpaired) electrons. The van der Waals surface area contributed by atoms with Gasteiger partial charge >= 0.3 is 5.97 Å². The summed E-state index contributed by atoms with van der Waals surface area (Å²) >= 11 is 1.63. The van der Waals surface area contributed by atoms with Crippen LogP contribution in [0, 0.1) is 17.8 Å². The third-order valence-electron chi connectivity index (χ3n) is 6.94. The normalized spacial score (nSPS) is 37.5. The first-order valence-electron chi connectivity index (χ1n) is 10.4. The summed E-state index contributed by atoms with van der Waals surface area (Å²) in [6, 6.07) is 0.156. The fourth-order valence-corrected chi connectivity index (χ4v) is 6.92. The maximum Gasteiger partial charge on any atom is 0.353 e. The van der Waals surface area contributed by atoms with Crippen LogP contribution in [0.15, 0.2) is 10.6 Å². The second kappa shape index (κ2) is 7.63. The average Bonchev–Trinajstić information content (AvgIpc) is 2.83. The molecule has 1 amide bonds. The molecular formula is C20H31N3O4S. The third-order valence-corrected chi connectivity index (χ3v) is 8.39. The quantitative estimate of drug-likeness (QED) is 0.564. The van der Waals surface area contributed by atoms with Crippen LogP contribution in [0.2, 0.25) is 0 Å². The molecular weight excluding hydrogens is 378 g/mol. The molecule has 1 aliphatic carbocycles. The lowest BCUT2D eigenvalue weighted by atomic mass is 9.79. The number of carbonyl (C=O) groups excluding carboxylic acids is 1. The van der Waals surface area contributed by atoms with Crippen molar-refractivity contribution >= 4 is 23.6 Å². The fourth-order valence-electron chi connectivity index (χ4n) is 5.34. The molecule has 3 fully saturated rings. The number of thioether (sulfide) groups is 1. The smallest absolute Gasteiger partial charge is 0.353 e. The Kier molecular flexibility index (Phi) is 5.50. The first-order valence-corrected chi connectivity index (χ1v) is 11.3. The van der Waals surface area contributed by atoms with Crippen molar-refractivity contribution < 1.29 is 19.8 Å². The fraction of sp³-hybridized carbons (Fsp3) is 0.800. The molecule has 0 aromatic heterocycles. The zero-order valence-electron chi connectivity index (χ0n) is 16.6. The number of likely N-dealkylation sites (tertiary alicyclic amines) is 1. The molecule has 1 saturated carbocycles. The van der Waals surface area contributed by atoms with Gasteiger partial charge in [0.1, 0.15) is 5.70 Å². The van der Waals surface area contributed by atoms with E-state index in [2.05, 4.69) is 4.90 Å². The lowest BCUT2D eigenvalue weighted by molar-refractivity contribution is -0.163. The summed E-state index contributed by atoms with van der Waals surface area (Å²) < 4.78 is 0. The van der Waals surface area contributed by atoms with Crippen LogP contribution in [0.5, 0.6) is 0 Å². The van der Waals surface area contributed by atoms with Crippen LogP contribution in [0.1, 0.15) is 39.5 Å². The molecule has 4 aliphatic rings. The van der Waals surface area contributed by atoms with E-state index in [-0.39, 0.29) is 23.6 Å². The number of fused-ring (bicyclic) bond motifs is 1. The first kappa shape index (κ1) is 20.2. The number of aliphatic hydroxyl groups excluding tert-OH is 1. The molecule has 0 spiro atoms. The molecule has 4 rings (SSSR count). The van der Waals surface area contributed by atoms with Gasteiger partial charge in [0.2, 0.25) is 5.91 Å². The Morgan fingerprint density at radius 1 is 1.29 bits per heavy atom. The van der Waals surface area contributed by atoms with E-state index in [1.54, 1.807) is 18.7 Å². The molecule has 0 unspecified atom stereocenters. The maximum absolute atomic E-state index is 12.4. The summed E-state index contributed by atoms with van der Waals surface area (Å²) in [5.41, 5.74) is 6.13. The predicted octanol–water partition coefficient (Wildman–Crippen LogP) is 1.07. The summed E-state index contributed by atoms with van der Waals surface area (Å²) in [5.74, 6) is -1.09. The van der Waals surface area contributed by atoms with Crippen LogP contribution < -0.4 is 5.73 Å². The van der Waals surface area contributed by atoms with E-state index >= 15 is 0 Å². The van der Waals surface area contributed by atoms with Gasteiger partial charge in [-0.05, 0) is 38.5 Å².